The van der Waals surface area contributed by atoms with Crippen molar-refractivity contribution in [2.24, 2.45) is 7.05 Å². The van der Waals surface area contributed by atoms with Gasteiger partial charge in [-0.05, 0) is 30.3 Å². The predicted molar refractivity (Wildman–Crippen MR) is 114 cm³/mol. The summed E-state index contributed by atoms with van der Waals surface area (Å²) in [6.07, 6.45) is 0.853. The van der Waals surface area contributed by atoms with Crippen LogP contribution in [0, 0.1) is 0 Å². The highest BCUT2D eigenvalue weighted by Crippen LogP contribution is 2.34. The van der Waals surface area contributed by atoms with E-state index in [1.807, 2.05) is 41.9 Å². The molecule has 0 saturated heterocycles. The molecular formula is C21H22N4O4S. The van der Waals surface area contributed by atoms with E-state index in [-0.39, 0.29) is 11.7 Å². The normalized spacial score (nSPS) is 12.9. The molecule has 8 nitrogen and oxygen atoms in total. The second-order valence-corrected chi connectivity index (χ2v) is 7.56. The summed E-state index contributed by atoms with van der Waals surface area (Å²) in [7, 11) is 3.44. The SMILES string of the molecule is COc1ccccc1NC(=O)CSc1nnc(-c2ccc3c(c2)OCCCO3)n1C. The summed E-state index contributed by atoms with van der Waals surface area (Å²) in [6.45, 7) is 1.27. The van der Waals surface area contributed by atoms with Crippen molar-refractivity contribution in [3.8, 4) is 28.6 Å². The highest BCUT2D eigenvalue weighted by molar-refractivity contribution is 7.99. The number of hydrogen-bond donors (Lipinski definition) is 1. The zero-order chi connectivity index (χ0) is 20.9. The minimum atomic E-state index is -0.148. The summed E-state index contributed by atoms with van der Waals surface area (Å²) >= 11 is 1.32. The summed E-state index contributed by atoms with van der Waals surface area (Å²) in [5.41, 5.74) is 1.51. The van der Waals surface area contributed by atoms with E-state index >= 15 is 0 Å². The minimum Gasteiger partial charge on any atom is -0.495 e. The Morgan fingerprint density at radius 2 is 1.97 bits per heavy atom. The van der Waals surface area contributed by atoms with Gasteiger partial charge < -0.3 is 24.1 Å². The van der Waals surface area contributed by atoms with E-state index in [0.717, 1.165) is 17.7 Å². The Morgan fingerprint density at radius 1 is 1.17 bits per heavy atom. The van der Waals surface area contributed by atoms with Crippen molar-refractivity contribution in [3.63, 3.8) is 0 Å². The van der Waals surface area contributed by atoms with Gasteiger partial charge in [-0.25, -0.2) is 0 Å². The number of carbonyl (C=O) groups excluding carboxylic acids is 1. The van der Waals surface area contributed by atoms with Crippen LogP contribution in [0.1, 0.15) is 6.42 Å². The van der Waals surface area contributed by atoms with E-state index in [1.165, 1.54) is 11.8 Å². The second kappa shape index (κ2) is 9.08. The van der Waals surface area contributed by atoms with Crippen LogP contribution < -0.4 is 19.5 Å². The highest BCUT2D eigenvalue weighted by Gasteiger charge is 2.17. The van der Waals surface area contributed by atoms with Crippen LogP contribution in [-0.2, 0) is 11.8 Å². The van der Waals surface area contributed by atoms with Crippen LogP contribution in [0.25, 0.3) is 11.4 Å². The van der Waals surface area contributed by atoms with Crippen LogP contribution in [0.15, 0.2) is 47.6 Å². The molecule has 0 aliphatic carbocycles. The fourth-order valence-electron chi connectivity index (χ4n) is 3.06. The maximum atomic E-state index is 12.4. The average molecular weight is 426 g/mol. The number of anilines is 1. The van der Waals surface area contributed by atoms with Crippen molar-refractivity contribution in [1.29, 1.82) is 0 Å². The number of methoxy groups -OCH3 is 1. The third kappa shape index (κ3) is 4.35. The molecule has 2 heterocycles. The van der Waals surface area contributed by atoms with Gasteiger partial charge in [0.05, 0.1) is 31.8 Å². The van der Waals surface area contributed by atoms with Crippen molar-refractivity contribution in [2.45, 2.75) is 11.6 Å². The number of rotatable bonds is 6. The number of hydrogen-bond acceptors (Lipinski definition) is 7. The third-order valence-electron chi connectivity index (χ3n) is 4.55. The number of amides is 1. The number of nitrogens with zero attached hydrogens (tertiary/aromatic N) is 3. The van der Waals surface area contributed by atoms with Gasteiger partial charge in [0.1, 0.15) is 5.75 Å². The van der Waals surface area contributed by atoms with Crippen LogP contribution in [0.3, 0.4) is 0 Å². The molecule has 4 rings (SSSR count). The molecule has 30 heavy (non-hydrogen) atoms. The molecule has 1 aromatic heterocycles. The van der Waals surface area contributed by atoms with Crippen molar-refractivity contribution in [3.05, 3.63) is 42.5 Å². The van der Waals surface area contributed by atoms with Crippen LogP contribution in [0.5, 0.6) is 17.2 Å². The molecule has 156 valence electrons. The molecule has 0 bridgehead atoms. The molecule has 0 radical (unpaired) electrons. The molecule has 9 heteroatoms. The Morgan fingerprint density at radius 3 is 2.80 bits per heavy atom. The van der Waals surface area contributed by atoms with Crippen LogP contribution in [-0.4, -0.2) is 46.7 Å². The molecule has 1 aliphatic heterocycles. The molecule has 1 aliphatic rings. The lowest BCUT2D eigenvalue weighted by molar-refractivity contribution is -0.113. The van der Waals surface area contributed by atoms with Crippen molar-refractivity contribution in [2.75, 3.05) is 31.4 Å². The Hall–Kier alpha value is -3.20. The molecule has 0 unspecified atom stereocenters. The van der Waals surface area contributed by atoms with Crippen molar-refractivity contribution >= 4 is 23.4 Å². The second-order valence-electron chi connectivity index (χ2n) is 6.61. The van der Waals surface area contributed by atoms with E-state index in [1.54, 1.807) is 19.2 Å². The largest absolute Gasteiger partial charge is 0.495 e. The number of aromatic nitrogens is 3. The maximum Gasteiger partial charge on any atom is 0.234 e. The molecule has 0 saturated carbocycles. The lowest BCUT2D eigenvalue weighted by Crippen LogP contribution is -2.15. The minimum absolute atomic E-state index is 0.148. The van der Waals surface area contributed by atoms with E-state index in [2.05, 4.69) is 15.5 Å². The number of benzene rings is 2. The quantitative estimate of drug-likeness (QED) is 0.605. The van der Waals surface area contributed by atoms with Crippen LogP contribution >= 0.6 is 11.8 Å². The van der Waals surface area contributed by atoms with Gasteiger partial charge in [-0.1, -0.05) is 23.9 Å². The Balaban J connectivity index is 1.43. The molecule has 0 fully saturated rings. The Kier molecular flexibility index (Phi) is 6.08. The van der Waals surface area contributed by atoms with E-state index in [9.17, 15) is 4.79 Å². The molecule has 2 aromatic carbocycles. The van der Waals surface area contributed by atoms with Gasteiger partial charge in [0.2, 0.25) is 5.91 Å². The standard InChI is InChI=1S/C21H22N4O4S/c1-25-20(14-8-9-17-18(12-14)29-11-5-10-28-17)23-24-21(25)30-13-19(26)22-15-6-3-4-7-16(15)27-2/h3-4,6-9,12H,5,10-11,13H2,1-2H3,(H,22,26). The Labute approximate surface area is 178 Å². The zero-order valence-electron chi connectivity index (χ0n) is 16.8. The van der Waals surface area contributed by atoms with Gasteiger partial charge >= 0.3 is 0 Å². The van der Waals surface area contributed by atoms with Crippen molar-refractivity contribution < 1.29 is 19.0 Å². The lowest BCUT2D eigenvalue weighted by Gasteiger charge is -2.10. The monoisotopic (exact) mass is 426 g/mol. The van der Waals surface area contributed by atoms with E-state index in [4.69, 9.17) is 14.2 Å². The van der Waals surface area contributed by atoms with Gasteiger partial charge in [-0.15, -0.1) is 10.2 Å². The Bertz CT molecular complexity index is 1050. The molecule has 1 N–H and O–H groups in total. The summed E-state index contributed by atoms with van der Waals surface area (Å²) < 4.78 is 18.6. The summed E-state index contributed by atoms with van der Waals surface area (Å²) in [5, 5.41) is 12.0. The fourth-order valence-corrected chi connectivity index (χ4v) is 3.77. The maximum absolute atomic E-state index is 12.4. The first kappa shape index (κ1) is 20.1. The third-order valence-corrected chi connectivity index (χ3v) is 5.57. The predicted octanol–water partition coefficient (Wildman–Crippen LogP) is 3.38. The summed E-state index contributed by atoms with van der Waals surface area (Å²) in [5.74, 6) is 2.80. The first-order chi connectivity index (χ1) is 14.7. The number of para-hydroxylation sites is 2. The first-order valence-corrected chi connectivity index (χ1v) is 10.5. The topological polar surface area (TPSA) is 87.5 Å². The van der Waals surface area contributed by atoms with Gasteiger partial charge in [0.15, 0.2) is 22.5 Å². The molecule has 0 spiro atoms. The smallest absolute Gasteiger partial charge is 0.234 e. The number of thioether (sulfide) groups is 1. The molecule has 3 aromatic rings. The summed E-state index contributed by atoms with van der Waals surface area (Å²) in [4.78, 5) is 12.4. The van der Waals surface area contributed by atoms with Gasteiger partial charge in [0, 0.05) is 19.0 Å². The lowest BCUT2D eigenvalue weighted by atomic mass is 10.2. The van der Waals surface area contributed by atoms with Crippen LogP contribution in [0.2, 0.25) is 0 Å². The number of ether oxygens (including phenoxy) is 3. The average Bonchev–Trinajstić information content (AvgIpc) is 2.97. The number of fused-ring (bicyclic) bond motifs is 1. The van der Waals surface area contributed by atoms with E-state index in [0.29, 0.717) is 41.4 Å². The van der Waals surface area contributed by atoms with Crippen LogP contribution in [0.4, 0.5) is 5.69 Å². The fraction of sp³-hybridized carbons (Fsp3) is 0.286. The van der Waals surface area contributed by atoms with Gasteiger partial charge in [-0.2, -0.15) is 0 Å². The van der Waals surface area contributed by atoms with Crippen molar-refractivity contribution in [1.82, 2.24) is 14.8 Å². The number of nitrogens with one attached hydrogen (secondary N) is 1. The highest BCUT2D eigenvalue weighted by atomic mass is 32.2. The summed E-state index contributed by atoms with van der Waals surface area (Å²) in [6, 6.07) is 13.0. The molecular weight excluding hydrogens is 404 g/mol. The van der Waals surface area contributed by atoms with Gasteiger partial charge in [-0.3, -0.25) is 4.79 Å². The first-order valence-electron chi connectivity index (χ1n) is 9.51. The molecule has 0 atom stereocenters. The van der Waals surface area contributed by atoms with Gasteiger partial charge in [0.25, 0.3) is 0 Å². The molecule has 1 amide bonds. The van der Waals surface area contributed by atoms with E-state index < -0.39 is 0 Å². The number of carbonyl (C=O) groups is 1. The zero-order valence-corrected chi connectivity index (χ0v) is 17.6.